The number of alkyl halides is 3. The average Bonchev–Trinajstić information content (AvgIpc) is 2.52. The smallest absolute Gasteiger partial charge is 0.471 e. The number of methoxy groups -OCH3 is 1. The molecule has 2 aromatic rings. The van der Waals surface area contributed by atoms with Crippen LogP contribution in [0.1, 0.15) is 0 Å². The number of rotatable bonds is 4. The number of aryl methyl sites for hydroxylation is 1. The number of carbonyl (C=O) groups excluding carboxylic acids is 1. The van der Waals surface area contributed by atoms with E-state index in [-0.39, 0.29) is 5.95 Å². The van der Waals surface area contributed by atoms with Crippen LogP contribution in [0.25, 0.3) is 0 Å². The van der Waals surface area contributed by atoms with E-state index in [1.165, 1.54) is 19.5 Å². The predicted octanol–water partition coefficient (Wildman–Crippen LogP) is 1.43. The number of carbonyl (C=O) groups is 1. The monoisotopic (exact) mass is 343 g/mol. The number of ether oxygens (including phenoxy) is 1. The van der Waals surface area contributed by atoms with Gasteiger partial charge >= 0.3 is 17.6 Å². The number of nitrogens with zero attached hydrogens (tertiary/aromatic N) is 3. The third kappa shape index (κ3) is 4.00. The number of hydrogen-bond acceptors (Lipinski definition) is 6. The van der Waals surface area contributed by atoms with Gasteiger partial charge in [0.05, 0.1) is 7.11 Å². The molecule has 1 heterocycles. The Morgan fingerprint density at radius 3 is 2.42 bits per heavy atom. The van der Waals surface area contributed by atoms with Crippen LogP contribution in [0.3, 0.4) is 0 Å². The summed E-state index contributed by atoms with van der Waals surface area (Å²) in [5.74, 6) is -2.65. The molecule has 0 saturated heterocycles. The van der Waals surface area contributed by atoms with Gasteiger partial charge in [-0.15, -0.1) is 5.10 Å². The maximum Gasteiger partial charge on any atom is 0.471 e. The number of hydrogen-bond donors (Lipinski definition) is 2. The molecule has 0 spiro atoms. The fourth-order valence-corrected chi connectivity index (χ4v) is 1.63. The summed E-state index contributed by atoms with van der Waals surface area (Å²) in [7, 11) is 2.71. The second-order valence-corrected chi connectivity index (χ2v) is 4.52. The van der Waals surface area contributed by atoms with Crippen LogP contribution in [0.5, 0.6) is 5.75 Å². The summed E-state index contributed by atoms with van der Waals surface area (Å²) in [4.78, 5) is 26.3. The molecule has 0 aliphatic heterocycles. The zero-order valence-corrected chi connectivity index (χ0v) is 12.5. The molecule has 1 aromatic heterocycles. The second-order valence-electron chi connectivity index (χ2n) is 4.52. The summed E-state index contributed by atoms with van der Waals surface area (Å²) in [6.07, 6.45) is -5.14. The van der Waals surface area contributed by atoms with E-state index in [4.69, 9.17) is 4.74 Å². The number of benzene rings is 1. The number of anilines is 3. The Kier molecular flexibility index (Phi) is 4.71. The Bertz CT molecular complexity index is 802. The number of amides is 1. The molecule has 0 unspecified atom stereocenters. The first-order chi connectivity index (χ1) is 11.2. The molecule has 128 valence electrons. The summed E-state index contributed by atoms with van der Waals surface area (Å²) in [5.41, 5.74) is -0.476. The summed E-state index contributed by atoms with van der Waals surface area (Å²) in [6.45, 7) is 0. The lowest BCUT2D eigenvalue weighted by molar-refractivity contribution is -0.167. The highest BCUT2D eigenvalue weighted by Gasteiger charge is 2.39. The Morgan fingerprint density at radius 2 is 1.88 bits per heavy atom. The lowest BCUT2D eigenvalue weighted by Gasteiger charge is -2.10. The predicted molar refractivity (Wildman–Crippen MR) is 78.2 cm³/mol. The minimum atomic E-state index is -5.14. The highest BCUT2D eigenvalue weighted by atomic mass is 19.4. The molecule has 11 heteroatoms. The third-order valence-electron chi connectivity index (χ3n) is 2.79. The highest BCUT2D eigenvalue weighted by molar-refractivity contribution is 5.94. The van der Waals surface area contributed by atoms with Crippen molar-refractivity contribution in [3.05, 3.63) is 34.6 Å². The molecule has 0 fully saturated rings. The maximum atomic E-state index is 12.3. The second kappa shape index (κ2) is 6.56. The molecule has 0 radical (unpaired) electrons. The van der Waals surface area contributed by atoms with Crippen LogP contribution in [-0.2, 0) is 11.8 Å². The number of aromatic nitrogens is 3. The normalized spacial score (nSPS) is 11.0. The summed E-state index contributed by atoms with van der Waals surface area (Å²) in [5, 5.41) is 7.89. The molecular formula is C13H12F3N5O3. The summed E-state index contributed by atoms with van der Waals surface area (Å²) in [6, 6.07) is 6.50. The third-order valence-corrected chi connectivity index (χ3v) is 2.79. The molecular weight excluding hydrogens is 331 g/mol. The lowest BCUT2D eigenvalue weighted by atomic mass is 10.3. The SMILES string of the molecule is COc1ccc(Nc2nc(NC(=O)C(F)(F)F)c(=O)n(C)n2)cc1. The van der Waals surface area contributed by atoms with Crippen LogP contribution >= 0.6 is 0 Å². The van der Waals surface area contributed by atoms with E-state index in [1.807, 2.05) is 0 Å². The van der Waals surface area contributed by atoms with Crippen molar-refractivity contribution < 1.29 is 22.7 Å². The van der Waals surface area contributed by atoms with E-state index in [9.17, 15) is 22.8 Å². The molecule has 0 saturated carbocycles. The van der Waals surface area contributed by atoms with E-state index < -0.39 is 23.5 Å². The van der Waals surface area contributed by atoms with Gasteiger partial charge in [0.25, 0.3) is 0 Å². The van der Waals surface area contributed by atoms with Crippen LogP contribution in [0.2, 0.25) is 0 Å². The van der Waals surface area contributed by atoms with Crippen molar-refractivity contribution in [1.82, 2.24) is 14.8 Å². The van der Waals surface area contributed by atoms with Gasteiger partial charge in [-0.2, -0.15) is 18.2 Å². The van der Waals surface area contributed by atoms with Gasteiger partial charge in [-0.1, -0.05) is 0 Å². The molecule has 0 aliphatic carbocycles. The van der Waals surface area contributed by atoms with E-state index in [2.05, 4.69) is 15.4 Å². The van der Waals surface area contributed by atoms with E-state index in [1.54, 1.807) is 24.3 Å². The van der Waals surface area contributed by atoms with Crippen molar-refractivity contribution in [1.29, 1.82) is 0 Å². The number of halogens is 3. The largest absolute Gasteiger partial charge is 0.497 e. The molecule has 2 rings (SSSR count). The van der Waals surface area contributed by atoms with Crippen LogP contribution in [0.4, 0.5) is 30.6 Å². The number of nitrogens with one attached hydrogen (secondary N) is 2. The Morgan fingerprint density at radius 1 is 1.25 bits per heavy atom. The van der Waals surface area contributed by atoms with Crippen LogP contribution in [0.15, 0.2) is 29.1 Å². The summed E-state index contributed by atoms with van der Waals surface area (Å²) < 4.78 is 42.6. The average molecular weight is 343 g/mol. The molecule has 24 heavy (non-hydrogen) atoms. The van der Waals surface area contributed by atoms with Crippen molar-refractivity contribution in [2.24, 2.45) is 7.05 Å². The van der Waals surface area contributed by atoms with Gasteiger partial charge in [-0.05, 0) is 24.3 Å². The fraction of sp³-hybridized carbons (Fsp3) is 0.231. The van der Waals surface area contributed by atoms with E-state index in [0.29, 0.717) is 11.4 Å². The van der Waals surface area contributed by atoms with Gasteiger partial charge < -0.3 is 10.1 Å². The van der Waals surface area contributed by atoms with Gasteiger partial charge in [-0.25, -0.2) is 4.68 Å². The molecule has 0 bridgehead atoms. The lowest BCUT2D eigenvalue weighted by Crippen LogP contribution is -2.35. The van der Waals surface area contributed by atoms with E-state index in [0.717, 1.165) is 4.68 Å². The molecule has 2 N–H and O–H groups in total. The standard InChI is InChI=1S/C13H12F3N5O3/c1-21-10(22)9(18-11(23)13(14,15)16)19-12(20-21)17-7-3-5-8(24-2)6-4-7/h3-6H,1-2H3,(H2,17,18,19,20,23). The molecule has 1 aromatic carbocycles. The van der Waals surface area contributed by atoms with Gasteiger partial charge in [0.15, 0.2) is 0 Å². The first-order valence-corrected chi connectivity index (χ1v) is 6.45. The zero-order valence-electron chi connectivity index (χ0n) is 12.5. The van der Waals surface area contributed by atoms with Crippen LogP contribution in [-0.4, -0.2) is 34.0 Å². The van der Waals surface area contributed by atoms with Crippen molar-refractivity contribution in [3.63, 3.8) is 0 Å². The van der Waals surface area contributed by atoms with Crippen molar-refractivity contribution in [2.45, 2.75) is 6.18 Å². The topological polar surface area (TPSA) is 98.1 Å². The minimum Gasteiger partial charge on any atom is -0.497 e. The van der Waals surface area contributed by atoms with Gasteiger partial charge in [0.2, 0.25) is 11.8 Å². The quantitative estimate of drug-likeness (QED) is 0.871. The van der Waals surface area contributed by atoms with Crippen LogP contribution < -0.4 is 20.9 Å². The Balaban J connectivity index is 2.28. The van der Waals surface area contributed by atoms with Crippen molar-refractivity contribution in [3.8, 4) is 5.75 Å². The molecule has 0 atom stereocenters. The molecule has 0 aliphatic rings. The van der Waals surface area contributed by atoms with Gasteiger partial charge in [-0.3, -0.25) is 14.9 Å². The Hall–Kier alpha value is -3.11. The van der Waals surface area contributed by atoms with Gasteiger partial charge in [0, 0.05) is 12.7 Å². The maximum absolute atomic E-state index is 12.3. The van der Waals surface area contributed by atoms with Crippen molar-refractivity contribution >= 4 is 23.4 Å². The molecule has 1 amide bonds. The zero-order chi connectivity index (χ0) is 17.9. The van der Waals surface area contributed by atoms with Crippen molar-refractivity contribution in [2.75, 3.05) is 17.7 Å². The fourth-order valence-electron chi connectivity index (χ4n) is 1.63. The Labute approximate surface area is 133 Å². The minimum absolute atomic E-state index is 0.167. The first-order valence-electron chi connectivity index (χ1n) is 6.45. The van der Waals surface area contributed by atoms with Crippen LogP contribution in [0, 0.1) is 0 Å². The molecule has 8 nitrogen and oxygen atoms in total. The van der Waals surface area contributed by atoms with Gasteiger partial charge in [0.1, 0.15) is 5.75 Å². The first kappa shape index (κ1) is 17.2. The highest BCUT2D eigenvalue weighted by Crippen LogP contribution is 2.19. The van der Waals surface area contributed by atoms with E-state index >= 15 is 0 Å². The summed E-state index contributed by atoms with van der Waals surface area (Å²) >= 11 is 0.